The predicted octanol–water partition coefficient (Wildman–Crippen LogP) is 8.83. The van der Waals surface area contributed by atoms with Gasteiger partial charge < -0.3 is 10.4 Å². The average Bonchev–Trinajstić information content (AvgIpc) is 3.63. The lowest BCUT2D eigenvalue weighted by Crippen LogP contribution is -2.17. The molecule has 11 heteroatoms. The third-order valence-corrected chi connectivity index (χ3v) is 9.25. The van der Waals surface area contributed by atoms with Crippen molar-refractivity contribution in [3.63, 3.8) is 0 Å². The molecule has 0 saturated carbocycles. The van der Waals surface area contributed by atoms with Crippen molar-refractivity contribution in [3.8, 4) is 0 Å². The lowest BCUT2D eigenvalue weighted by molar-refractivity contribution is -0.131. The quantitative estimate of drug-likeness (QED) is 0.105. The second-order valence-corrected chi connectivity index (χ2v) is 13.5. The van der Waals surface area contributed by atoms with E-state index in [9.17, 15) is 9.59 Å². The summed E-state index contributed by atoms with van der Waals surface area (Å²) in [6.07, 6.45) is 5.10. The number of carboxylic acids is 1. The molecule has 0 unspecified atom stereocenters. The topological polar surface area (TPSA) is 66.4 Å². The first-order valence-corrected chi connectivity index (χ1v) is 15.9. The van der Waals surface area contributed by atoms with E-state index >= 15 is 0 Å². The number of thiophene rings is 2. The third kappa shape index (κ3) is 9.34. The van der Waals surface area contributed by atoms with Gasteiger partial charge in [0.1, 0.15) is 4.32 Å². The van der Waals surface area contributed by atoms with Crippen molar-refractivity contribution in [1.29, 1.82) is 0 Å². The van der Waals surface area contributed by atoms with E-state index in [1.807, 2.05) is 66.1 Å². The molecule has 2 N–H and O–H groups in total. The van der Waals surface area contributed by atoms with Crippen molar-refractivity contribution in [3.05, 3.63) is 123 Å². The predicted molar refractivity (Wildman–Crippen MR) is 178 cm³/mol. The number of carbonyl (C=O) groups is 2. The number of thioether (sulfide) groups is 1. The first-order valence-electron chi connectivity index (χ1n) is 11.7. The van der Waals surface area contributed by atoms with Gasteiger partial charge in [-0.1, -0.05) is 71.4 Å². The molecule has 0 spiro atoms. The molecule has 40 heavy (non-hydrogen) atoms. The normalized spacial score (nSPS) is 14.2. The fourth-order valence-corrected chi connectivity index (χ4v) is 6.82. The lowest BCUT2D eigenvalue weighted by Gasteiger charge is -1.98. The molecular weight excluding hydrogens is 642 g/mol. The molecule has 4 aromatic rings. The summed E-state index contributed by atoms with van der Waals surface area (Å²) in [5.41, 5.74) is 4.75. The summed E-state index contributed by atoms with van der Waals surface area (Å²) in [6.45, 7) is 0. The molecule has 1 aliphatic heterocycles. The van der Waals surface area contributed by atoms with Crippen LogP contribution in [0.15, 0.2) is 81.2 Å². The number of thiol groups is 1. The van der Waals surface area contributed by atoms with E-state index in [2.05, 4.69) is 29.4 Å². The highest BCUT2D eigenvalue weighted by atomic mass is 35.5. The minimum Gasteiger partial charge on any atom is -0.477 e. The van der Waals surface area contributed by atoms with Crippen molar-refractivity contribution in [2.75, 3.05) is 0 Å². The van der Waals surface area contributed by atoms with Gasteiger partial charge in [-0.3, -0.25) is 4.79 Å². The molecule has 3 heterocycles. The highest BCUT2D eigenvalue weighted by molar-refractivity contribution is 8.26. The second-order valence-electron chi connectivity index (χ2n) is 8.51. The lowest BCUT2D eigenvalue weighted by atomic mass is 10.1. The standard InChI is InChI=1S/C15H10ClNOS3.C14H11ClO2S2/c16-11-3-1-9(2-4-11)5-10-6-12(20-8-10)7-13-14(18)17-15(19)21-13;15-11-3-1-9(2-4-11)5-10-6-12(19-8-10)7-13(18)14(16)17/h1-4,6-8H,5H2,(H,17,18,19);1-4,6-8,18H,5H2,(H,16,17)/b2*13-7-. The van der Waals surface area contributed by atoms with Gasteiger partial charge in [-0.2, -0.15) is 0 Å². The molecule has 0 bridgehead atoms. The van der Waals surface area contributed by atoms with Gasteiger partial charge in [0.05, 0.1) is 9.81 Å². The van der Waals surface area contributed by atoms with Crippen LogP contribution in [0.3, 0.4) is 0 Å². The number of carbonyl (C=O) groups excluding carboxylic acids is 1. The number of hydrogen-bond donors (Lipinski definition) is 3. The van der Waals surface area contributed by atoms with E-state index in [1.54, 1.807) is 17.4 Å². The maximum absolute atomic E-state index is 11.6. The molecule has 0 radical (unpaired) electrons. The van der Waals surface area contributed by atoms with Gasteiger partial charge in [-0.15, -0.1) is 35.3 Å². The molecule has 204 valence electrons. The van der Waals surface area contributed by atoms with E-state index in [4.69, 9.17) is 40.5 Å². The number of hydrogen-bond acceptors (Lipinski definition) is 7. The number of rotatable bonds is 7. The van der Waals surface area contributed by atoms with E-state index in [0.29, 0.717) is 9.23 Å². The molecule has 2 aromatic heterocycles. The van der Waals surface area contributed by atoms with Crippen LogP contribution in [-0.2, 0) is 22.4 Å². The number of carboxylic acid groups (broad SMARTS) is 1. The molecular formula is C29H21Cl2NO3S5. The molecule has 1 aliphatic rings. The van der Waals surface area contributed by atoms with Gasteiger partial charge in [0.25, 0.3) is 5.91 Å². The van der Waals surface area contributed by atoms with Gasteiger partial charge in [0.2, 0.25) is 0 Å². The zero-order valence-corrected chi connectivity index (χ0v) is 26.3. The molecule has 1 fully saturated rings. The van der Waals surface area contributed by atoms with Crippen LogP contribution in [0.25, 0.3) is 12.2 Å². The van der Waals surface area contributed by atoms with Crippen LogP contribution in [-0.4, -0.2) is 21.3 Å². The maximum atomic E-state index is 11.6. The summed E-state index contributed by atoms with van der Waals surface area (Å²) < 4.78 is 0.518. The van der Waals surface area contributed by atoms with E-state index in [0.717, 1.165) is 38.2 Å². The molecule has 0 atom stereocenters. The summed E-state index contributed by atoms with van der Waals surface area (Å²) in [5.74, 6) is -1.13. The monoisotopic (exact) mass is 661 g/mol. The SMILES string of the molecule is O=C(O)/C(S)=C/c1cc(Cc2ccc(Cl)cc2)cs1.O=C1NC(=S)S/C1=C\c1cc(Cc2ccc(Cl)cc2)cs1. The fourth-order valence-electron chi connectivity index (χ4n) is 3.55. The van der Waals surface area contributed by atoms with Crippen molar-refractivity contribution < 1.29 is 14.7 Å². The molecule has 4 nitrogen and oxygen atoms in total. The van der Waals surface area contributed by atoms with Crippen LogP contribution in [0.1, 0.15) is 32.0 Å². The summed E-state index contributed by atoms with van der Waals surface area (Å²) >= 11 is 25.0. The van der Waals surface area contributed by atoms with Crippen LogP contribution in [0.5, 0.6) is 0 Å². The summed E-state index contributed by atoms with van der Waals surface area (Å²) in [7, 11) is 0. The van der Waals surface area contributed by atoms with Crippen molar-refractivity contribution in [2.24, 2.45) is 0 Å². The number of benzene rings is 2. The Morgan fingerprint density at radius 2 is 1.38 bits per heavy atom. The minimum atomic E-state index is -1.02. The molecule has 2 aromatic carbocycles. The Labute approximate surface area is 265 Å². The van der Waals surface area contributed by atoms with Crippen LogP contribution in [0.2, 0.25) is 10.0 Å². The average molecular weight is 663 g/mol. The van der Waals surface area contributed by atoms with Crippen LogP contribution < -0.4 is 5.32 Å². The van der Waals surface area contributed by atoms with Gasteiger partial charge >= 0.3 is 5.97 Å². The largest absolute Gasteiger partial charge is 0.477 e. The first kappa shape index (κ1) is 30.6. The highest BCUT2D eigenvalue weighted by Gasteiger charge is 2.22. The Hall–Kier alpha value is -2.37. The molecule has 1 amide bonds. The van der Waals surface area contributed by atoms with Gasteiger partial charge in [0, 0.05) is 19.8 Å². The zero-order valence-electron chi connectivity index (χ0n) is 20.6. The number of nitrogens with one attached hydrogen (secondary N) is 1. The van der Waals surface area contributed by atoms with Gasteiger partial charge in [0.15, 0.2) is 0 Å². The van der Waals surface area contributed by atoms with E-state index in [-0.39, 0.29) is 10.8 Å². The van der Waals surface area contributed by atoms with Crippen molar-refractivity contribution in [2.45, 2.75) is 12.8 Å². The van der Waals surface area contributed by atoms with Crippen molar-refractivity contribution in [1.82, 2.24) is 5.32 Å². The van der Waals surface area contributed by atoms with E-state index < -0.39 is 5.97 Å². The number of amides is 1. The van der Waals surface area contributed by atoms with Crippen LogP contribution >= 0.6 is 82.5 Å². The molecule has 0 aliphatic carbocycles. The maximum Gasteiger partial charge on any atom is 0.341 e. The fraction of sp³-hybridized carbons (Fsp3) is 0.0690. The Balaban J connectivity index is 0.000000186. The Bertz CT molecular complexity index is 1590. The summed E-state index contributed by atoms with van der Waals surface area (Å²) in [4.78, 5) is 24.9. The first-order chi connectivity index (χ1) is 19.1. The number of aliphatic carboxylic acids is 1. The highest BCUT2D eigenvalue weighted by Crippen LogP contribution is 2.29. The van der Waals surface area contributed by atoms with Crippen LogP contribution in [0, 0.1) is 0 Å². The Morgan fingerprint density at radius 3 is 1.85 bits per heavy atom. The summed E-state index contributed by atoms with van der Waals surface area (Å²) in [6, 6.07) is 19.6. The molecule has 1 saturated heterocycles. The van der Waals surface area contributed by atoms with Crippen LogP contribution in [0.4, 0.5) is 0 Å². The Morgan fingerprint density at radius 1 is 0.875 bits per heavy atom. The van der Waals surface area contributed by atoms with Crippen molar-refractivity contribution >= 4 is 111 Å². The Kier molecular flexibility index (Phi) is 11.1. The smallest absolute Gasteiger partial charge is 0.341 e. The number of thiocarbonyl (C=S) groups is 1. The van der Waals surface area contributed by atoms with Gasteiger partial charge in [-0.25, -0.2) is 4.79 Å². The second kappa shape index (κ2) is 14.5. The molecule has 5 rings (SSSR count). The van der Waals surface area contributed by atoms with Gasteiger partial charge in [-0.05, 0) is 94.4 Å². The van der Waals surface area contributed by atoms with E-state index in [1.165, 1.54) is 39.8 Å². The minimum absolute atomic E-state index is 0.0416. The summed E-state index contributed by atoms with van der Waals surface area (Å²) in [5, 5.41) is 17.0. The third-order valence-electron chi connectivity index (χ3n) is 5.40. The zero-order chi connectivity index (χ0) is 28.6. The number of halogens is 2.